The first-order valence-corrected chi connectivity index (χ1v) is 22.8. The molecular weight excluding hydrogens is 1290 g/mol. The van der Waals surface area contributed by atoms with E-state index >= 15 is 0 Å². The van der Waals surface area contributed by atoms with Crippen molar-refractivity contribution in [3.63, 3.8) is 0 Å². The van der Waals surface area contributed by atoms with Gasteiger partial charge in [0.05, 0.1) is 29.1 Å². The first kappa shape index (κ1) is 73.5. The van der Waals surface area contributed by atoms with Gasteiger partial charge in [0.2, 0.25) is 5.76 Å². The predicted octanol–water partition coefficient (Wildman–Crippen LogP) is 2.38. The Bertz CT molecular complexity index is 2100. The minimum absolute atomic E-state index is 0. The summed E-state index contributed by atoms with van der Waals surface area (Å²) in [6.07, 6.45) is -3.69. The number of rotatable bonds is 9. The molecule has 0 bridgehead atoms. The molecule has 1 aromatic heterocycles. The van der Waals surface area contributed by atoms with E-state index in [9.17, 15) is 22.8 Å². The fourth-order valence-electron chi connectivity index (χ4n) is 5.61. The number of alkyl carbamates (subject to hydrolysis) is 1. The molecule has 1 saturated heterocycles. The second-order valence-corrected chi connectivity index (χ2v) is 18.8. The smallest absolute Gasteiger partial charge is 1.00 e. The topological polar surface area (TPSA) is 146 Å². The van der Waals surface area contributed by atoms with Gasteiger partial charge in [0.15, 0.2) is 0 Å². The number of hydrogen-bond donors (Lipinski definition) is 1. The number of carbonyl (C=O) groups excluding carboxylic acids is 3. The minimum Gasteiger partial charge on any atom is -1.00 e. The fourth-order valence-corrected chi connectivity index (χ4v) is 6.73. The number of esters is 1. The molecule has 1 aliphatic heterocycles. The Balaban J connectivity index is -0.000000267. The van der Waals surface area contributed by atoms with Gasteiger partial charge in [-0.05, 0) is 146 Å². The molecule has 11 nitrogen and oxygen atoms in total. The Kier molecular flexibility index (Phi) is 37.5. The first-order chi connectivity index (χ1) is 30.0. The number of alkyl halides is 5. The Morgan fingerprint density at radius 2 is 1.41 bits per heavy atom. The van der Waals surface area contributed by atoms with E-state index in [4.69, 9.17) is 40.4 Å². The molecule has 1 amide bonds. The molecule has 0 aliphatic carbocycles. The number of methoxy groups -OCH3 is 1. The molecule has 0 radical (unpaired) electrons. The third kappa shape index (κ3) is 26.1. The van der Waals surface area contributed by atoms with Crippen LogP contribution in [-0.2, 0) is 69.0 Å². The van der Waals surface area contributed by atoms with Crippen molar-refractivity contribution in [3.8, 4) is 0 Å². The molecule has 0 spiro atoms. The average molecular weight is 1350 g/mol. The third-order valence-corrected chi connectivity index (χ3v) is 11.3. The zero-order valence-corrected chi connectivity index (χ0v) is 60.7. The number of nitrogens with one attached hydrogen (secondary N) is 1. The van der Waals surface area contributed by atoms with Gasteiger partial charge in [-0.1, -0.05) is 87.3 Å². The van der Waals surface area contributed by atoms with Crippen molar-refractivity contribution in [1.82, 2.24) is 5.32 Å². The molecule has 0 saturated carbocycles. The van der Waals surface area contributed by atoms with Crippen LogP contribution in [0.5, 0.6) is 0 Å². The molecular formula is C47H63BBr2ClCs2F3NNaO10. The largest absolute Gasteiger partial charge is 1.00 e. The Morgan fingerprint density at radius 3 is 1.78 bits per heavy atom. The van der Waals surface area contributed by atoms with Gasteiger partial charge in [-0.25, -0.2) is 4.79 Å². The van der Waals surface area contributed by atoms with E-state index in [1.165, 1.54) is 35.4 Å². The third-order valence-electron chi connectivity index (χ3n) is 9.99. The van der Waals surface area contributed by atoms with Gasteiger partial charge >= 0.3 is 193 Å². The van der Waals surface area contributed by atoms with E-state index in [1.807, 2.05) is 111 Å². The fraction of sp³-hybridized carbons (Fsp3) is 0.468. The monoisotopic (exact) mass is 1350 g/mol. The van der Waals surface area contributed by atoms with Crippen molar-refractivity contribution in [3.05, 3.63) is 122 Å². The molecule has 2 heterocycles. The molecule has 1 N–H and O–H groups in total. The van der Waals surface area contributed by atoms with Crippen LogP contribution >= 0.6 is 43.5 Å². The van der Waals surface area contributed by atoms with Crippen LogP contribution in [0.15, 0.2) is 81.7 Å². The van der Waals surface area contributed by atoms with E-state index in [0.717, 1.165) is 33.5 Å². The number of halogens is 6. The molecule has 0 unspecified atom stereocenters. The van der Waals surface area contributed by atoms with E-state index in [1.54, 1.807) is 0 Å². The van der Waals surface area contributed by atoms with E-state index in [2.05, 4.69) is 79.4 Å². The Labute approximate surface area is 565 Å². The first-order valence-electron chi connectivity index (χ1n) is 20.4. The SMILES string of the molecule is CC(C)(C)OC(=O)NCc1ccc(B2OC(C)(C)C(C)(C)O2)cc1.CCc1cc(C)c(CCl)c(C)c1.COC(=O)C(C)(C)c1cccc(Br)c1.FC(F)(F)c1ccc(CBr)o1.O=CO[O-].[Cs+].[Cs+].[H-].[H-].[Na+]. The molecule has 3 aromatic carbocycles. The number of furan rings is 1. The predicted molar refractivity (Wildman–Crippen MR) is 255 cm³/mol. The Morgan fingerprint density at radius 1 is 0.897 bits per heavy atom. The van der Waals surface area contributed by atoms with E-state index in [0.29, 0.717) is 17.8 Å². The standard InChI is InChI=1S/C18H28BNO4.C11H13BrO2.C11H15Cl.C6H4BrF3O.CH2O3.2Cs.Na.2H/c1-16(2,3)22-15(21)20-12-13-8-10-14(11-9-13)19-23-17(4,5)18(6,7)24-19;1-11(2,10(13)14-3)8-5-4-6-9(12)7-8;1-4-10-5-8(2)11(7-12)9(3)6-10;7-3-4-1-2-5(11-4)6(8,9)10;2-1-4-3;;;;;/h8-11H,12H2,1-7H3,(H,20,21);4-7H,1-3H3;5-6H,4,7H2,1-3H3;1-2H,3H2;1,3H;;;;;/q;;;;;3*+1;2*-1/p-1. The van der Waals surface area contributed by atoms with Gasteiger partial charge in [0, 0.05) is 16.9 Å². The van der Waals surface area contributed by atoms with Crippen molar-refractivity contribution in [2.45, 2.75) is 136 Å². The maximum Gasteiger partial charge on any atom is 1.00 e. The van der Waals surface area contributed by atoms with Crippen molar-refractivity contribution in [2.75, 3.05) is 7.11 Å². The second-order valence-electron chi connectivity index (χ2n) is 17.1. The number of amides is 1. The summed E-state index contributed by atoms with van der Waals surface area (Å²) < 4.78 is 62.9. The molecule has 4 aromatic rings. The van der Waals surface area contributed by atoms with Crippen LogP contribution in [0.3, 0.4) is 0 Å². The normalized spacial score (nSPS) is 13.1. The summed E-state index contributed by atoms with van der Waals surface area (Å²) in [5, 5.41) is 11.5. The van der Waals surface area contributed by atoms with Crippen molar-refractivity contribution >= 4 is 74.6 Å². The maximum atomic E-state index is 11.8. The molecule has 1 aliphatic rings. The van der Waals surface area contributed by atoms with Gasteiger partial charge in [0.25, 0.3) is 6.47 Å². The number of benzene rings is 3. The summed E-state index contributed by atoms with van der Waals surface area (Å²) >= 11 is 12.2. The summed E-state index contributed by atoms with van der Waals surface area (Å²) in [6.45, 7) is 24.0. The van der Waals surface area contributed by atoms with Crippen molar-refractivity contribution < 1.29 is 231 Å². The molecule has 68 heavy (non-hydrogen) atoms. The van der Waals surface area contributed by atoms with Gasteiger partial charge in [-0.2, -0.15) is 13.2 Å². The zero-order valence-electron chi connectivity index (χ0n) is 44.3. The van der Waals surface area contributed by atoms with Gasteiger partial charge in [-0.15, -0.1) is 11.6 Å². The van der Waals surface area contributed by atoms with Crippen LogP contribution in [0.25, 0.3) is 0 Å². The minimum atomic E-state index is -4.37. The molecule has 21 heteroatoms. The molecule has 364 valence electrons. The summed E-state index contributed by atoms with van der Waals surface area (Å²) in [5.74, 6) is -0.276. The summed E-state index contributed by atoms with van der Waals surface area (Å²) in [6, 6.07) is 22.2. The summed E-state index contributed by atoms with van der Waals surface area (Å²) in [7, 11) is 1.03. The maximum absolute atomic E-state index is 11.8. The van der Waals surface area contributed by atoms with Crippen LogP contribution in [0, 0.1) is 13.8 Å². The number of ether oxygens (including phenoxy) is 2. The average Bonchev–Trinajstić information content (AvgIpc) is 3.81. The van der Waals surface area contributed by atoms with Gasteiger partial charge in [-0.3, -0.25) is 9.59 Å². The summed E-state index contributed by atoms with van der Waals surface area (Å²) in [5.41, 5.74) is 6.43. The summed E-state index contributed by atoms with van der Waals surface area (Å²) in [4.78, 5) is 34.4. The van der Waals surface area contributed by atoms with Gasteiger partial charge < -0.3 is 41.5 Å². The Hall–Kier alpha value is 1.24. The van der Waals surface area contributed by atoms with Crippen LogP contribution in [0.4, 0.5) is 18.0 Å². The van der Waals surface area contributed by atoms with E-state index in [-0.39, 0.29) is 207 Å². The van der Waals surface area contributed by atoms with Crippen molar-refractivity contribution in [1.29, 1.82) is 0 Å². The number of carbonyl (C=O) groups is 3. The van der Waals surface area contributed by atoms with Crippen LogP contribution < -0.4 is 183 Å². The van der Waals surface area contributed by atoms with E-state index < -0.39 is 29.0 Å². The second kappa shape index (κ2) is 34.7. The molecule has 0 atom stereocenters. The number of aryl methyl sites for hydroxylation is 3. The quantitative estimate of drug-likeness (QED) is 0.0663. The molecule has 1 fully saturated rings. The van der Waals surface area contributed by atoms with Crippen LogP contribution in [-0.4, -0.2) is 49.6 Å². The van der Waals surface area contributed by atoms with Gasteiger partial charge in [0.1, 0.15) is 11.4 Å². The molecule has 5 rings (SSSR count). The van der Waals surface area contributed by atoms with Crippen molar-refractivity contribution in [2.24, 2.45) is 0 Å². The van der Waals surface area contributed by atoms with Crippen LogP contribution in [0.1, 0.15) is 117 Å². The van der Waals surface area contributed by atoms with Crippen LogP contribution in [0.2, 0.25) is 0 Å². The zero-order chi connectivity index (χ0) is 50.0. The number of hydrogen-bond acceptors (Lipinski definition) is 10.